The lowest BCUT2D eigenvalue weighted by Gasteiger charge is -2.08. The van der Waals surface area contributed by atoms with Crippen LogP contribution in [-0.4, -0.2) is 16.6 Å². The molecule has 1 N–H and O–H groups in total. The number of aromatic nitrogens is 1. The van der Waals surface area contributed by atoms with Crippen molar-refractivity contribution in [3.63, 3.8) is 0 Å². The van der Waals surface area contributed by atoms with Crippen LogP contribution in [0, 0.1) is 13.8 Å². The zero-order chi connectivity index (χ0) is 18.5. The Morgan fingerprint density at radius 1 is 1.19 bits per heavy atom. The maximum Gasteiger partial charge on any atom is 0.234 e. The minimum absolute atomic E-state index is 0.0230. The SMILES string of the molecule is Cc1ccc(C)c(NC(=O)CSCc2coc(-c3ccc(Cl)cc3)n2)c1. The molecule has 1 amide bonds. The summed E-state index contributed by atoms with van der Waals surface area (Å²) in [5, 5.41) is 3.63. The minimum Gasteiger partial charge on any atom is -0.444 e. The van der Waals surface area contributed by atoms with Gasteiger partial charge in [0.25, 0.3) is 0 Å². The predicted molar refractivity (Wildman–Crippen MR) is 108 cm³/mol. The summed E-state index contributed by atoms with van der Waals surface area (Å²) in [4.78, 5) is 16.6. The standard InChI is InChI=1S/C20H19ClN2O2S/c1-13-3-4-14(2)18(9-13)23-19(24)12-26-11-17-10-25-20(22-17)15-5-7-16(21)8-6-15/h3-10H,11-12H2,1-2H3,(H,23,24). The van der Waals surface area contributed by atoms with Gasteiger partial charge >= 0.3 is 0 Å². The van der Waals surface area contributed by atoms with Crippen molar-refractivity contribution >= 4 is 35.0 Å². The fourth-order valence-electron chi connectivity index (χ4n) is 2.40. The van der Waals surface area contributed by atoms with Gasteiger partial charge in [-0.15, -0.1) is 11.8 Å². The number of anilines is 1. The maximum absolute atomic E-state index is 12.1. The second-order valence-corrected chi connectivity index (χ2v) is 7.43. The van der Waals surface area contributed by atoms with E-state index >= 15 is 0 Å². The van der Waals surface area contributed by atoms with E-state index in [1.54, 1.807) is 18.4 Å². The highest BCUT2D eigenvalue weighted by atomic mass is 35.5. The van der Waals surface area contributed by atoms with E-state index in [9.17, 15) is 4.79 Å². The first-order chi connectivity index (χ1) is 12.5. The van der Waals surface area contributed by atoms with Crippen LogP contribution in [0.3, 0.4) is 0 Å². The molecule has 2 aromatic carbocycles. The van der Waals surface area contributed by atoms with Crippen molar-refractivity contribution in [1.29, 1.82) is 0 Å². The number of hydrogen-bond acceptors (Lipinski definition) is 4. The fourth-order valence-corrected chi connectivity index (χ4v) is 3.23. The van der Waals surface area contributed by atoms with E-state index < -0.39 is 0 Å². The number of carbonyl (C=O) groups is 1. The number of oxazole rings is 1. The lowest BCUT2D eigenvalue weighted by atomic mass is 10.1. The van der Waals surface area contributed by atoms with E-state index in [0.717, 1.165) is 28.1 Å². The number of nitrogens with one attached hydrogen (secondary N) is 1. The number of aryl methyl sites for hydroxylation is 2. The molecule has 1 heterocycles. The minimum atomic E-state index is -0.0230. The summed E-state index contributed by atoms with van der Waals surface area (Å²) in [5.74, 6) is 1.50. The first kappa shape index (κ1) is 18.5. The monoisotopic (exact) mass is 386 g/mol. The second kappa shape index (κ2) is 8.43. The molecule has 0 bridgehead atoms. The molecule has 1 aromatic heterocycles. The van der Waals surface area contributed by atoms with Crippen molar-refractivity contribution in [2.75, 3.05) is 11.1 Å². The summed E-state index contributed by atoms with van der Waals surface area (Å²) in [6, 6.07) is 13.3. The van der Waals surface area contributed by atoms with Gasteiger partial charge in [0.2, 0.25) is 11.8 Å². The third-order valence-corrected chi connectivity index (χ3v) is 5.01. The highest BCUT2D eigenvalue weighted by Crippen LogP contribution is 2.23. The van der Waals surface area contributed by atoms with Crippen molar-refractivity contribution in [2.24, 2.45) is 0 Å². The quantitative estimate of drug-likeness (QED) is 0.609. The molecule has 0 saturated carbocycles. The van der Waals surface area contributed by atoms with E-state index in [1.165, 1.54) is 11.8 Å². The van der Waals surface area contributed by atoms with Crippen molar-refractivity contribution in [3.05, 3.63) is 70.6 Å². The van der Waals surface area contributed by atoms with E-state index in [-0.39, 0.29) is 5.91 Å². The molecule has 0 aliphatic heterocycles. The molecular formula is C20H19ClN2O2S. The van der Waals surface area contributed by atoms with Gasteiger partial charge in [0.15, 0.2) is 0 Å². The van der Waals surface area contributed by atoms with Gasteiger partial charge in [-0.25, -0.2) is 4.98 Å². The Kier molecular flexibility index (Phi) is 6.01. The molecule has 0 aliphatic carbocycles. The van der Waals surface area contributed by atoms with Crippen LogP contribution in [-0.2, 0) is 10.5 Å². The van der Waals surface area contributed by atoms with Crippen molar-refractivity contribution in [3.8, 4) is 11.5 Å². The summed E-state index contributed by atoms with van der Waals surface area (Å²) in [5.41, 5.74) is 4.72. The Labute approximate surface area is 162 Å². The molecule has 134 valence electrons. The number of carbonyl (C=O) groups excluding carboxylic acids is 1. The highest BCUT2D eigenvalue weighted by Gasteiger charge is 2.09. The Morgan fingerprint density at radius 3 is 2.73 bits per heavy atom. The largest absolute Gasteiger partial charge is 0.444 e. The summed E-state index contributed by atoms with van der Waals surface area (Å²) in [6.07, 6.45) is 1.62. The van der Waals surface area contributed by atoms with Gasteiger partial charge in [0.05, 0.1) is 11.4 Å². The number of benzene rings is 2. The highest BCUT2D eigenvalue weighted by molar-refractivity contribution is 7.99. The maximum atomic E-state index is 12.1. The van der Waals surface area contributed by atoms with Crippen LogP contribution >= 0.6 is 23.4 Å². The lowest BCUT2D eigenvalue weighted by Crippen LogP contribution is -2.15. The van der Waals surface area contributed by atoms with E-state index in [0.29, 0.717) is 22.4 Å². The number of nitrogens with zero attached hydrogens (tertiary/aromatic N) is 1. The van der Waals surface area contributed by atoms with Crippen molar-refractivity contribution in [2.45, 2.75) is 19.6 Å². The summed E-state index contributed by atoms with van der Waals surface area (Å²) in [7, 11) is 0. The molecule has 0 aliphatic rings. The summed E-state index contributed by atoms with van der Waals surface area (Å²) < 4.78 is 5.50. The number of amides is 1. The van der Waals surface area contributed by atoms with Crippen LogP contribution in [0.25, 0.3) is 11.5 Å². The van der Waals surface area contributed by atoms with Gasteiger partial charge in [-0.2, -0.15) is 0 Å². The molecule has 4 nitrogen and oxygen atoms in total. The van der Waals surface area contributed by atoms with Gasteiger partial charge in [0, 0.05) is 22.0 Å². The third-order valence-electron chi connectivity index (χ3n) is 3.79. The first-order valence-electron chi connectivity index (χ1n) is 8.16. The smallest absolute Gasteiger partial charge is 0.234 e. The summed E-state index contributed by atoms with van der Waals surface area (Å²) >= 11 is 7.39. The van der Waals surface area contributed by atoms with Crippen LogP contribution in [0.5, 0.6) is 0 Å². The lowest BCUT2D eigenvalue weighted by molar-refractivity contribution is -0.113. The summed E-state index contributed by atoms with van der Waals surface area (Å²) in [6.45, 7) is 3.99. The molecule has 3 aromatic rings. The van der Waals surface area contributed by atoms with E-state index in [2.05, 4.69) is 10.3 Å². The zero-order valence-electron chi connectivity index (χ0n) is 14.6. The topological polar surface area (TPSA) is 55.1 Å². The zero-order valence-corrected chi connectivity index (χ0v) is 16.2. The molecule has 0 radical (unpaired) electrons. The normalized spacial score (nSPS) is 10.7. The van der Waals surface area contributed by atoms with E-state index in [4.69, 9.17) is 16.0 Å². The molecule has 0 unspecified atom stereocenters. The molecule has 26 heavy (non-hydrogen) atoms. The van der Waals surface area contributed by atoms with Gasteiger partial charge in [-0.05, 0) is 55.3 Å². The Balaban J connectivity index is 1.51. The molecule has 3 rings (SSSR count). The second-order valence-electron chi connectivity index (χ2n) is 6.01. The Hall–Kier alpha value is -2.24. The number of halogens is 1. The number of rotatable bonds is 6. The van der Waals surface area contributed by atoms with E-state index in [1.807, 2.05) is 44.2 Å². The van der Waals surface area contributed by atoms with Crippen LogP contribution in [0.15, 0.2) is 53.1 Å². The third kappa shape index (κ3) is 4.90. The van der Waals surface area contributed by atoms with Crippen LogP contribution in [0.1, 0.15) is 16.8 Å². The number of thioether (sulfide) groups is 1. The van der Waals surface area contributed by atoms with Gasteiger partial charge in [0.1, 0.15) is 6.26 Å². The van der Waals surface area contributed by atoms with Crippen LogP contribution < -0.4 is 5.32 Å². The molecule has 0 spiro atoms. The fraction of sp³-hybridized carbons (Fsp3) is 0.200. The van der Waals surface area contributed by atoms with Gasteiger partial charge < -0.3 is 9.73 Å². The predicted octanol–water partition coefficient (Wildman–Crippen LogP) is 5.48. The molecular weight excluding hydrogens is 368 g/mol. The van der Waals surface area contributed by atoms with Crippen LogP contribution in [0.2, 0.25) is 5.02 Å². The van der Waals surface area contributed by atoms with Crippen molar-refractivity contribution < 1.29 is 9.21 Å². The Bertz CT molecular complexity index is 906. The molecule has 0 atom stereocenters. The molecule has 0 fully saturated rings. The first-order valence-corrected chi connectivity index (χ1v) is 9.70. The number of hydrogen-bond donors (Lipinski definition) is 1. The Morgan fingerprint density at radius 2 is 1.96 bits per heavy atom. The average Bonchev–Trinajstić information content (AvgIpc) is 3.08. The van der Waals surface area contributed by atoms with Gasteiger partial charge in [-0.1, -0.05) is 23.7 Å². The van der Waals surface area contributed by atoms with Crippen LogP contribution in [0.4, 0.5) is 5.69 Å². The average molecular weight is 387 g/mol. The molecule has 0 saturated heterocycles. The van der Waals surface area contributed by atoms with Gasteiger partial charge in [-0.3, -0.25) is 4.79 Å². The molecule has 6 heteroatoms. The van der Waals surface area contributed by atoms with Crippen molar-refractivity contribution in [1.82, 2.24) is 4.98 Å².